The molecule has 0 bridgehead atoms. The van der Waals surface area contributed by atoms with Gasteiger partial charge >= 0.3 is 10.1 Å². The van der Waals surface area contributed by atoms with Gasteiger partial charge < -0.3 is 5.32 Å². The van der Waals surface area contributed by atoms with Gasteiger partial charge in [0.15, 0.2) is 0 Å². The summed E-state index contributed by atoms with van der Waals surface area (Å²) in [6.07, 6.45) is 0.620. The highest BCUT2D eigenvalue weighted by molar-refractivity contribution is 9.10. The molecule has 3 aromatic rings. The molecule has 196 valence electrons. The SMILES string of the molecule is C=C(C)[C@H]1CC(=NOS(=O)(=O)c2ccc(C)cc2)C[C@@H](c2cccc(Cl)c2)[C@]12C(=O)Nc1cc(Br)ccc12. The van der Waals surface area contributed by atoms with E-state index in [2.05, 4.69) is 33.0 Å². The van der Waals surface area contributed by atoms with Crippen molar-refractivity contribution in [2.24, 2.45) is 11.1 Å². The molecule has 2 aliphatic rings. The lowest BCUT2D eigenvalue weighted by molar-refractivity contribution is -0.123. The first-order chi connectivity index (χ1) is 18.0. The van der Waals surface area contributed by atoms with Crippen LogP contribution in [0.1, 0.15) is 42.4 Å². The van der Waals surface area contributed by atoms with Crippen molar-refractivity contribution >= 4 is 55.0 Å². The van der Waals surface area contributed by atoms with Crippen LogP contribution >= 0.6 is 27.5 Å². The number of nitrogens with one attached hydrogen (secondary N) is 1. The van der Waals surface area contributed by atoms with Crippen LogP contribution in [0.3, 0.4) is 0 Å². The number of aryl methyl sites for hydroxylation is 1. The van der Waals surface area contributed by atoms with Gasteiger partial charge in [0, 0.05) is 27.0 Å². The molecule has 38 heavy (non-hydrogen) atoms. The number of allylic oxidation sites excluding steroid dienone is 1. The van der Waals surface area contributed by atoms with E-state index < -0.39 is 21.5 Å². The minimum Gasteiger partial charge on any atom is -0.325 e. The molecule has 3 aromatic carbocycles. The van der Waals surface area contributed by atoms with Crippen molar-refractivity contribution in [3.8, 4) is 0 Å². The molecule has 1 aliphatic carbocycles. The molecule has 1 fully saturated rings. The van der Waals surface area contributed by atoms with Gasteiger partial charge in [-0.25, -0.2) is 0 Å². The molecule has 1 heterocycles. The molecule has 9 heteroatoms. The van der Waals surface area contributed by atoms with Crippen LogP contribution in [0.5, 0.6) is 0 Å². The Balaban J connectivity index is 1.63. The first-order valence-corrected chi connectivity index (χ1v) is 14.7. The maximum atomic E-state index is 14.0. The number of fused-ring (bicyclic) bond motifs is 2. The first kappa shape index (κ1) is 26.7. The van der Waals surface area contributed by atoms with Gasteiger partial charge in [0.05, 0.1) is 11.1 Å². The first-order valence-electron chi connectivity index (χ1n) is 12.1. The smallest absolute Gasteiger partial charge is 0.325 e. The van der Waals surface area contributed by atoms with Gasteiger partial charge in [-0.1, -0.05) is 80.7 Å². The monoisotopic (exact) mass is 612 g/mol. The number of carbonyl (C=O) groups is 1. The predicted molar refractivity (Wildman–Crippen MR) is 153 cm³/mol. The second-order valence-electron chi connectivity index (χ2n) is 9.93. The van der Waals surface area contributed by atoms with E-state index in [0.717, 1.165) is 32.4 Å². The third-order valence-corrected chi connectivity index (χ3v) is 9.30. The van der Waals surface area contributed by atoms with Gasteiger partial charge in [0.25, 0.3) is 0 Å². The number of nitrogens with zero attached hydrogens (tertiary/aromatic N) is 1. The quantitative estimate of drug-likeness (QED) is 0.245. The molecule has 0 unspecified atom stereocenters. The van der Waals surface area contributed by atoms with Crippen molar-refractivity contribution in [2.45, 2.75) is 42.9 Å². The summed E-state index contributed by atoms with van der Waals surface area (Å²) in [6.45, 7) is 8.00. The molecular formula is C29H26BrClN2O4S. The molecule has 1 spiro atoms. The largest absolute Gasteiger partial charge is 0.358 e. The van der Waals surface area contributed by atoms with Crippen molar-refractivity contribution in [1.82, 2.24) is 0 Å². The zero-order valence-corrected chi connectivity index (χ0v) is 24.0. The molecule has 6 nitrogen and oxygen atoms in total. The van der Waals surface area contributed by atoms with Crippen LogP contribution in [0.25, 0.3) is 0 Å². The zero-order chi connectivity index (χ0) is 27.2. The Morgan fingerprint density at radius 3 is 2.55 bits per heavy atom. The van der Waals surface area contributed by atoms with Crippen molar-refractivity contribution in [3.05, 3.63) is 105 Å². The average Bonchev–Trinajstić information content (AvgIpc) is 3.14. The summed E-state index contributed by atoms with van der Waals surface area (Å²) < 4.78 is 31.8. The molecule has 5 rings (SSSR count). The van der Waals surface area contributed by atoms with Crippen LogP contribution in [0.2, 0.25) is 5.02 Å². The van der Waals surface area contributed by atoms with Crippen LogP contribution in [-0.2, 0) is 24.6 Å². The van der Waals surface area contributed by atoms with Crippen LogP contribution in [-0.4, -0.2) is 20.0 Å². The summed E-state index contributed by atoms with van der Waals surface area (Å²) in [5, 5.41) is 7.78. The van der Waals surface area contributed by atoms with Crippen molar-refractivity contribution in [2.75, 3.05) is 5.32 Å². The Hall–Kier alpha value is -2.94. The third kappa shape index (κ3) is 4.59. The van der Waals surface area contributed by atoms with E-state index in [-0.39, 0.29) is 16.7 Å². The van der Waals surface area contributed by atoms with Crippen LogP contribution in [0.15, 0.2) is 93.4 Å². The van der Waals surface area contributed by atoms with E-state index in [1.165, 1.54) is 12.1 Å². The van der Waals surface area contributed by atoms with E-state index >= 15 is 0 Å². The van der Waals surface area contributed by atoms with Crippen molar-refractivity contribution in [3.63, 3.8) is 0 Å². The summed E-state index contributed by atoms with van der Waals surface area (Å²) in [7, 11) is -4.11. The van der Waals surface area contributed by atoms with Crippen LogP contribution in [0, 0.1) is 12.8 Å². The number of amides is 1. The lowest BCUT2D eigenvalue weighted by Crippen LogP contribution is -2.51. The summed E-state index contributed by atoms with van der Waals surface area (Å²) in [5.74, 6) is -0.897. The second-order valence-corrected chi connectivity index (χ2v) is 12.8. The minimum absolute atomic E-state index is 0.0252. The van der Waals surface area contributed by atoms with E-state index in [1.807, 2.05) is 50.2 Å². The molecule has 1 saturated carbocycles. The summed E-state index contributed by atoms with van der Waals surface area (Å²) in [5.41, 5.74) is 3.73. The zero-order valence-electron chi connectivity index (χ0n) is 20.9. The van der Waals surface area contributed by atoms with E-state index in [4.69, 9.17) is 15.9 Å². The molecule has 0 radical (unpaired) electrons. The number of rotatable bonds is 5. The number of hydrogen-bond donors (Lipinski definition) is 1. The van der Waals surface area contributed by atoms with Gasteiger partial charge in [-0.2, -0.15) is 8.42 Å². The molecule has 0 saturated heterocycles. The summed E-state index contributed by atoms with van der Waals surface area (Å²) in [6, 6.07) is 19.6. The highest BCUT2D eigenvalue weighted by Crippen LogP contribution is 2.58. The summed E-state index contributed by atoms with van der Waals surface area (Å²) >= 11 is 9.90. The summed E-state index contributed by atoms with van der Waals surface area (Å²) in [4.78, 5) is 14.0. The molecular weight excluding hydrogens is 588 g/mol. The minimum atomic E-state index is -4.11. The number of anilines is 1. The molecule has 1 aliphatic heterocycles. The molecule has 1 amide bonds. The van der Waals surface area contributed by atoms with Crippen molar-refractivity contribution < 1.29 is 17.5 Å². The van der Waals surface area contributed by atoms with Gasteiger partial charge in [0.1, 0.15) is 4.90 Å². The van der Waals surface area contributed by atoms with Gasteiger partial charge in [-0.15, -0.1) is 0 Å². The van der Waals surface area contributed by atoms with Gasteiger partial charge in [0.2, 0.25) is 5.91 Å². The molecule has 1 N–H and O–H groups in total. The Morgan fingerprint density at radius 1 is 1.13 bits per heavy atom. The number of oxime groups is 1. The number of benzene rings is 3. The highest BCUT2D eigenvalue weighted by atomic mass is 79.9. The van der Waals surface area contributed by atoms with E-state index in [0.29, 0.717) is 23.6 Å². The Kier molecular flexibility index (Phi) is 7.00. The van der Waals surface area contributed by atoms with Crippen molar-refractivity contribution in [1.29, 1.82) is 0 Å². The second kappa shape index (κ2) is 9.98. The fraction of sp³-hybridized carbons (Fsp3) is 0.241. The lowest BCUT2D eigenvalue weighted by Gasteiger charge is -2.47. The van der Waals surface area contributed by atoms with E-state index in [1.54, 1.807) is 18.2 Å². The fourth-order valence-electron chi connectivity index (χ4n) is 5.73. The Labute approximate surface area is 236 Å². The maximum absolute atomic E-state index is 14.0. The normalized spacial score (nSPS) is 23.8. The molecule has 0 aromatic heterocycles. The Bertz CT molecular complexity index is 1590. The fourth-order valence-corrected chi connectivity index (χ4v) is 7.05. The number of halogens is 2. The Morgan fingerprint density at radius 2 is 1.87 bits per heavy atom. The molecule has 3 atom stereocenters. The number of hydrogen-bond acceptors (Lipinski definition) is 5. The standard InChI is InChI=1S/C29H26BrClN2O4S/c1-17(2)25-15-22(33-37-38(35,36)23-10-7-18(3)8-11-23)16-26(19-5-4-6-21(31)13-19)29(25)24-12-9-20(30)14-27(24)32-28(29)34/h4-14,25-26H,1,15-16H2,2-3H3,(H,32,34)/t25-,26+,29-/m1/s1. The van der Waals surface area contributed by atoms with Crippen LogP contribution in [0.4, 0.5) is 5.69 Å². The third-order valence-electron chi connectivity index (χ3n) is 7.45. The van der Waals surface area contributed by atoms with Crippen LogP contribution < -0.4 is 5.32 Å². The van der Waals surface area contributed by atoms with E-state index in [9.17, 15) is 13.2 Å². The van der Waals surface area contributed by atoms with Gasteiger partial charge in [-0.05, 0) is 74.2 Å². The predicted octanol–water partition coefficient (Wildman–Crippen LogP) is 7.13. The highest BCUT2D eigenvalue weighted by Gasteiger charge is 2.60. The number of carbonyl (C=O) groups excluding carboxylic acids is 1. The van der Waals surface area contributed by atoms with Gasteiger partial charge in [-0.3, -0.25) is 9.08 Å². The topological polar surface area (TPSA) is 84.8 Å². The average molecular weight is 614 g/mol. The lowest BCUT2D eigenvalue weighted by atomic mass is 9.54. The maximum Gasteiger partial charge on any atom is 0.358 e.